The van der Waals surface area contributed by atoms with E-state index in [1.54, 1.807) is 3.58 Å². The van der Waals surface area contributed by atoms with Crippen LogP contribution in [-0.2, 0) is 0 Å². The van der Waals surface area contributed by atoms with Gasteiger partial charge in [-0.2, -0.15) is 0 Å². The first kappa shape index (κ1) is 9.11. The molecule has 1 aromatic carbocycles. The molecule has 0 N–H and O–H groups in total. The topological polar surface area (TPSA) is 0 Å². The third-order valence-corrected chi connectivity index (χ3v) is 10.2. The van der Waals surface area contributed by atoms with Crippen LogP contribution in [0, 0.1) is 0 Å². The van der Waals surface area contributed by atoms with Crippen molar-refractivity contribution in [2.24, 2.45) is 0 Å². The third kappa shape index (κ3) is 2.51. The van der Waals surface area contributed by atoms with Gasteiger partial charge in [0.15, 0.2) is 0 Å². The Morgan fingerprint density at radius 2 is 1.55 bits per heavy atom. The average molecular weight is 254 g/mol. The van der Waals surface area contributed by atoms with E-state index in [9.17, 15) is 0 Å². The second-order valence-corrected chi connectivity index (χ2v) is 11.8. The van der Waals surface area contributed by atoms with Crippen molar-refractivity contribution in [3.8, 4) is 0 Å². The van der Waals surface area contributed by atoms with Crippen LogP contribution >= 0.6 is 0 Å². The van der Waals surface area contributed by atoms with E-state index in [0.717, 1.165) is 0 Å². The standard InChI is InChI=1S/C6H5.2C2H5.Sn/c1-2-4-6-5-3-1;2*1-2;/h1-5H;2*1H2,2H3;/q;;;+1. The molecule has 0 unspecified atom stereocenters. The molecule has 0 radical (unpaired) electrons. The molecule has 0 fully saturated rings. The first-order chi connectivity index (χ1) is 5.38. The predicted molar refractivity (Wildman–Crippen MR) is 52.8 cm³/mol. The molecule has 0 bridgehead atoms. The van der Waals surface area contributed by atoms with Crippen molar-refractivity contribution < 1.29 is 0 Å². The molecule has 0 aliphatic rings. The Morgan fingerprint density at radius 3 is 2.00 bits per heavy atom. The van der Waals surface area contributed by atoms with Gasteiger partial charge in [0.25, 0.3) is 0 Å². The van der Waals surface area contributed by atoms with E-state index in [1.165, 1.54) is 8.87 Å². The molecule has 0 aromatic heterocycles. The molecule has 0 aliphatic heterocycles. The van der Waals surface area contributed by atoms with E-state index in [0.29, 0.717) is 0 Å². The van der Waals surface area contributed by atoms with E-state index >= 15 is 0 Å². The number of rotatable bonds is 3. The quantitative estimate of drug-likeness (QED) is 0.726. The molecule has 58 valence electrons. The second-order valence-electron chi connectivity index (χ2n) is 2.68. The van der Waals surface area contributed by atoms with Gasteiger partial charge in [-0.25, -0.2) is 0 Å². The molecule has 0 aliphatic carbocycles. The second kappa shape index (κ2) is 4.81. The fourth-order valence-electron chi connectivity index (χ4n) is 1.33. The molecule has 1 rings (SSSR count). The summed E-state index contributed by atoms with van der Waals surface area (Å²) in [6.07, 6.45) is 0. The van der Waals surface area contributed by atoms with E-state index < -0.39 is 19.8 Å². The van der Waals surface area contributed by atoms with Gasteiger partial charge in [-0.3, -0.25) is 0 Å². The van der Waals surface area contributed by atoms with Gasteiger partial charge < -0.3 is 0 Å². The number of benzene rings is 1. The van der Waals surface area contributed by atoms with Gasteiger partial charge in [-0.1, -0.05) is 0 Å². The van der Waals surface area contributed by atoms with Gasteiger partial charge in [0, 0.05) is 0 Å². The molecule has 1 aromatic rings. The van der Waals surface area contributed by atoms with Crippen LogP contribution in [0.2, 0.25) is 8.87 Å². The molecule has 0 saturated heterocycles. The average Bonchev–Trinajstić information content (AvgIpc) is 2.09. The van der Waals surface area contributed by atoms with Crippen LogP contribution in [0.25, 0.3) is 0 Å². The summed E-state index contributed by atoms with van der Waals surface area (Å²) in [7, 11) is 0. The van der Waals surface area contributed by atoms with Crippen LogP contribution in [0.4, 0.5) is 0 Å². The first-order valence-electron chi connectivity index (χ1n) is 4.28. The molecule has 0 spiro atoms. The Morgan fingerprint density at radius 1 is 1.00 bits per heavy atom. The van der Waals surface area contributed by atoms with Crippen LogP contribution in [0.3, 0.4) is 0 Å². The molecule has 0 amide bonds. The van der Waals surface area contributed by atoms with Crippen molar-refractivity contribution in [3.05, 3.63) is 30.3 Å². The SMILES string of the molecule is C[CH2][Sn+]([CH2]C)[c]1ccccc1. The van der Waals surface area contributed by atoms with Gasteiger partial charge in [-0.15, -0.1) is 0 Å². The zero-order valence-corrected chi connectivity index (χ0v) is 10.2. The van der Waals surface area contributed by atoms with Crippen LogP contribution < -0.4 is 3.58 Å². The molecule has 0 heterocycles. The zero-order chi connectivity index (χ0) is 8.10. The molecule has 11 heavy (non-hydrogen) atoms. The van der Waals surface area contributed by atoms with Crippen LogP contribution in [-0.4, -0.2) is 19.8 Å². The third-order valence-electron chi connectivity index (χ3n) is 2.04. The summed E-state index contributed by atoms with van der Waals surface area (Å²) in [6, 6.07) is 11.1. The van der Waals surface area contributed by atoms with Gasteiger partial charge >= 0.3 is 76.4 Å². The predicted octanol–water partition coefficient (Wildman–Crippen LogP) is 2.43. The minimum atomic E-state index is -1.10. The summed E-state index contributed by atoms with van der Waals surface area (Å²) in [5, 5.41) is 0. The molecular formula is C10H15Sn+. The van der Waals surface area contributed by atoms with Gasteiger partial charge in [0.2, 0.25) is 0 Å². The van der Waals surface area contributed by atoms with Crippen LogP contribution in [0.15, 0.2) is 30.3 Å². The van der Waals surface area contributed by atoms with E-state index in [1.807, 2.05) is 0 Å². The maximum atomic E-state index is 2.34. The fourth-order valence-corrected chi connectivity index (χ4v) is 6.98. The normalized spacial score (nSPS) is 9.64. The van der Waals surface area contributed by atoms with Crippen molar-refractivity contribution in [2.75, 3.05) is 0 Å². The summed E-state index contributed by atoms with van der Waals surface area (Å²) >= 11 is -1.10. The number of hydrogen-bond donors (Lipinski definition) is 0. The Hall–Kier alpha value is 0.0187. The van der Waals surface area contributed by atoms with Crippen molar-refractivity contribution in [1.82, 2.24) is 0 Å². The summed E-state index contributed by atoms with van der Waals surface area (Å²) in [5.41, 5.74) is 0. The van der Waals surface area contributed by atoms with Crippen molar-refractivity contribution in [3.63, 3.8) is 0 Å². The molecule has 1 heteroatoms. The summed E-state index contributed by atoms with van der Waals surface area (Å²) in [6.45, 7) is 4.68. The Labute approximate surface area is 76.4 Å². The van der Waals surface area contributed by atoms with Crippen molar-refractivity contribution >= 4 is 23.3 Å². The minimum absolute atomic E-state index is 1.10. The Balaban J connectivity index is 2.74. The molecule has 0 atom stereocenters. The number of hydrogen-bond acceptors (Lipinski definition) is 0. The fraction of sp³-hybridized carbons (Fsp3) is 0.400. The van der Waals surface area contributed by atoms with Gasteiger partial charge in [-0.05, 0) is 0 Å². The van der Waals surface area contributed by atoms with Gasteiger partial charge in [0.1, 0.15) is 0 Å². The Bertz CT molecular complexity index is 189. The Kier molecular flexibility index (Phi) is 3.98. The zero-order valence-electron chi connectivity index (χ0n) is 7.30. The van der Waals surface area contributed by atoms with Crippen molar-refractivity contribution in [2.45, 2.75) is 22.7 Å². The summed E-state index contributed by atoms with van der Waals surface area (Å²) in [4.78, 5) is 0. The molecular weight excluding hydrogens is 239 g/mol. The van der Waals surface area contributed by atoms with Gasteiger partial charge in [0.05, 0.1) is 0 Å². The van der Waals surface area contributed by atoms with E-state index in [-0.39, 0.29) is 0 Å². The van der Waals surface area contributed by atoms with E-state index in [2.05, 4.69) is 44.2 Å². The maximum absolute atomic E-state index is 2.34. The summed E-state index contributed by atoms with van der Waals surface area (Å²) in [5.74, 6) is 0. The molecule has 0 nitrogen and oxygen atoms in total. The van der Waals surface area contributed by atoms with Crippen LogP contribution in [0.1, 0.15) is 13.8 Å². The van der Waals surface area contributed by atoms with Crippen LogP contribution in [0.5, 0.6) is 0 Å². The first-order valence-corrected chi connectivity index (χ1v) is 9.75. The summed E-state index contributed by atoms with van der Waals surface area (Å²) < 4.78 is 4.57. The monoisotopic (exact) mass is 255 g/mol. The molecule has 0 saturated carbocycles. The van der Waals surface area contributed by atoms with E-state index in [4.69, 9.17) is 0 Å². The van der Waals surface area contributed by atoms with Crippen molar-refractivity contribution in [1.29, 1.82) is 0 Å².